The van der Waals surface area contributed by atoms with Crippen LogP contribution in [-0.4, -0.2) is 53.9 Å². The topological polar surface area (TPSA) is 91.8 Å². The molecule has 0 aromatic carbocycles. The van der Waals surface area contributed by atoms with E-state index in [-0.39, 0.29) is 17.2 Å². The Morgan fingerprint density at radius 1 is 1.24 bits per heavy atom. The lowest BCUT2D eigenvalue weighted by molar-refractivity contribution is -0.139. The van der Waals surface area contributed by atoms with E-state index in [1.165, 1.54) is 0 Å². The van der Waals surface area contributed by atoms with Crippen LogP contribution in [0.25, 0.3) is 0 Å². The highest BCUT2D eigenvalue weighted by Crippen LogP contribution is 2.59. The van der Waals surface area contributed by atoms with Crippen LogP contribution in [0.5, 0.6) is 0 Å². The summed E-state index contributed by atoms with van der Waals surface area (Å²) in [5.41, 5.74) is -0.147. The number of carbonyl (C=O) groups excluding carboxylic acids is 1. The molecule has 1 aliphatic carbocycles. The monoisotopic (exact) mass is 317 g/mol. The van der Waals surface area contributed by atoms with Crippen LogP contribution in [0, 0.1) is 11.3 Å². The van der Waals surface area contributed by atoms with Crippen LogP contribution in [0.4, 0.5) is 0 Å². The summed E-state index contributed by atoms with van der Waals surface area (Å²) in [4.78, 5) is 24.7. The molecule has 2 aliphatic rings. The minimum atomic E-state index is -3.47. The summed E-state index contributed by atoms with van der Waals surface area (Å²) in [5.74, 6) is -1.88. The molecular formula is C14H23NO5S. The molecule has 0 aromatic rings. The zero-order valence-corrected chi connectivity index (χ0v) is 13.6. The SMILES string of the molecule is CC(C)(C)S(=O)(=O)CC(=O)N1CCC2(CC1)CC2C(=O)O. The molecule has 1 heterocycles. The maximum atomic E-state index is 12.1. The number of sulfone groups is 1. The third kappa shape index (κ3) is 3.07. The van der Waals surface area contributed by atoms with Gasteiger partial charge < -0.3 is 10.0 Å². The fourth-order valence-corrected chi connectivity index (χ4v) is 3.86. The van der Waals surface area contributed by atoms with Gasteiger partial charge in [0, 0.05) is 13.1 Å². The van der Waals surface area contributed by atoms with Crippen molar-refractivity contribution in [3.63, 3.8) is 0 Å². The molecule has 1 saturated carbocycles. The molecule has 1 spiro atoms. The van der Waals surface area contributed by atoms with E-state index in [4.69, 9.17) is 5.11 Å². The second-order valence-corrected chi connectivity index (χ2v) is 9.95. The van der Waals surface area contributed by atoms with Crippen molar-refractivity contribution in [2.45, 2.75) is 44.8 Å². The zero-order valence-electron chi connectivity index (χ0n) is 12.8. The van der Waals surface area contributed by atoms with Gasteiger partial charge in [-0.2, -0.15) is 0 Å². The highest BCUT2D eigenvalue weighted by molar-refractivity contribution is 7.93. The van der Waals surface area contributed by atoms with E-state index < -0.39 is 26.3 Å². The number of aliphatic carboxylic acids is 1. The van der Waals surface area contributed by atoms with Crippen molar-refractivity contribution >= 4 is 21.7 Å². The van der Waals surface area contributed by atoms with Gasteiger partial charge in [-0.25, -0.2) is 8.42 Å². The smallest absolute Gasteiger partial charge is 0.307 e. The first-order valence-corrected chi connectivity index (χ1v) is 8.87. The maximum Gasteiger partial charge on any atom is 0.307 e. The average Bonchev–Trinajstić information content (AvgIpc) is 3.02. The molecule has 120 valence electrons. The predicted octanol–water partition coefficient (Wildman–Crippen LogP) is 0.913. The zero-order chi connectivity index (χ0) is 16.1. The lowest BCUT2D eigenvalue weighted by Crippen LogP contribution is -2.45. The Bertz CT molecular complexity index is 552. The summed E-state index contributed by atoms with van der Waals surface area (Å²) in [5, 5.41) is 9.03. The molecule has 1 N–H and O–H groups in total. The minimum Gasteiger partial charge on any atom is -0.481 e. The van der Waals surface area contributed by atoms with E-state index in [9.17, 15) is 18.0 Å². The van der Waals surface area contributed by atoms with Crippen LogP contribution in [-0.2, 0) is 19.4 Å². The van der Waals surface area contributed by atoms with E-state index in [0.29, 0.717) is 32.4 Å². The predicted molar refractivity (Wildman–Crippen MR) is 77.5 cm³/mol. The van der Waals surface area contributed by atoms with Crippen LogP contribution >= 0.6 is 0 Å². The van der Waals surface area contributed by atoms with Crippen molar-refractivity contribution in [1.29, 1.82) is 0 Å². The summed E-state index contributed by atoms with van der Waals surface area (Å²) in [6.07, 6.45) is 2.00. The number of rotatable bonds is 3. The minimum absolute atomic E-state index is 0.147. The second-order valence-electron chi connectivity index (χ2n) is 7.21. The van der Waals surface area contributed by atoms with Crippen LogP contribution in [0.3, 0.4) is 0 Å². The van der Waals surface area contributed by atoms with Gasteiger partial charge >= 0.3 is 5.97 Å². The van der Waals surface area contributed by atoms with E-state index >= 15 is 0 Å². The van der Waals surface area contributed by atoms with Gasteiger partial charge in [0.1, 0.15) is 5.75 Å². The third-order valence-electron chi connectivity index (χ3n) is 4.85. The van der Waals surface area contributed by atoms with E-state index in [1.807, 2.05) is 0 Å². The largest absolute Gasteiger partial charge is 0.481 e. The molecule has 1 saturated heterocycles. The molecular weight excluding hydrogens is 294 g/mol. The van der Waals surface area contributed by atoms with Crippen LogP contribution in [0.2, 0.25) is 0 Å². The Balaban J connectivity index is 1.92. The van der Waals surface area contributed by atoms with Crippen molar-refractivity contribution < 1.29 is 23.1 Å². The highest BCUT2D eigenvalue weighted by Gasteiger charge is 2.59. The first kappa shape index (κ1) is 16.3. The van der Waals surface area contributed by atoms with Crippen molar-refractivity contribution in [2.24, 2.45) is 11.3 Å². The van der Waals surface area contributed by atoms with Gasteiger partial charge in [0.2, 0.25) is 5.91 Å². The fourth-order valence-electron chi connectivity index (χ4n) is 2.92. The number of nitrogens with zero attached hydrogens (tertiary/aromatic N) is 1. The van der Waals surface area contributed by atoms with Gasteiger partial charge in [0.25, 0.3) is 0 Å². The molecule has 1 atom stereocenters. The molecule has 1 unspecified atom stereocenters. The number of hydrogen-bond donors (Lipinski definition) is 1. The second kappa shape index (κ2) is 4.97. The van der Waals surface area contributed by atoms with Gasteiger partial charge in [-0.15, -0.1) is 0 Å². The molecule has 1 aliphatic heterocycles. The van der Waals surface area contributed by atoms with Crippen molar-refractivity contribution in [3.8, 4) is 0 Å². The van der Waals surface area contributed by atoms with Gasteiger partial charge in [-0.05, 0) is 45.4 Å². The Kier molecular flexibility index (Phi) is 3.85. The lowest BCUT2D eigenvalue weighted by atomic mass is 9.91. The summed E-state index contributed by atoms with van der Waals surface area (Å²) in [7, 11) is -3.47. The van der Waals surface area contributed by atoms with Crippen LogP contribution in [0.15, 0.2) is 0 Å². The van der Waals surface area contributed by atoms with Crippen molar-refractivity contribution in [1.82, 2.24) is 4.90 Å². The van der Waals surface area contributed by atoms with Gasteiger partial charge in [-0.3, -0.25) is 9.59 Å². The first-order valence-electron chi connectivity index (χ1n) is 7.21. The van der Waals surface area contributed by atoms with Crippen molar-refractivity contribution in [3.05, 3.63) is 0 Å². The third-order valence-corrected chi connectivity index (χ3v) is 7.34. The Hall–Kier alpha value is -1.11. The molecule has 2 rings (SSSR count). The normalized spacial score (nSPS) is 24.9. The number of carbonyl (C=O) groups is 2. The number of hydrogen-bond acceptors (Lipinski definition) is 4. The quantitative estimate of drug-likeness (QED) is 0.835. The number of carboxylic acids is 1. The number of amides is 1. The van der Waals surface area contributed by atoms with E-state index in [1.54, 1.807) is 25.7 Å². The Morgan fingerprint density at radius 3 is 2.14 bits per heavy atom. The average molecular weight is 317 g/mol. The molecule has 0 aromatic heterocycles. The van der Waals surface area contributed by atoms with Crippen molar-refractivity contribution in [2.75, 3.05) is 18.8 Å². The molecule has 1 amide bonds. The molecule has 0 bridgehead atoms. The molecule has 7 heteroatoms. The van der Waals surface area contributed by atoms with E-state index in [2.05, 4.69) is 0 Å². The molecule has 2 fully saturated rings. The maximum absolute atomic E-state index is 12.1. The Labute approximate surface area is 125 Å². The van der Waals surface area contributed by atoms with Gasteiger partial charge in [0.15, 0.2) is 9.84 Å². The summed E-state index contributed by atoms with van der Waals surface area (Å²) >= 11 is 0. The van der Waals surface area contributed by atoms with Gasteiger partial charge in [-0.1, -0.05) is 0 Å². The summed E-state index contributed by atoms with van der Waals surface area (Å²) < 4.78 is 23.2. The van der Waals surface area contributed by atoms with Crippen LogP contribution < -0.4 is 0 Å². The van der Waals surface area contributed by atoms with Crippen LogP contribution in [0.1, 0.15) is 40.0 Å². The highest BCUT2D eigenvalue weighted by atomic mass is 32.2. The molecule has 6 nitrogen and oxygen atoms in total. The summed E-state index contributed by atoms with van der Waals surface area (Å²) in [6.45, 7) is 5.68. The standard InChI is InChI=1S/C14H23NO5S/c1-13(2,3)21(19,20)9-11(16)15-6-4-14(5-7-15)8-10(14)12(17)18/h10H,4-9H2,1-3H3,(H,17,18). The lowest BCUT2D eigenvalue weighted by Gasteiger charge is -2.33. The van der Waals surface area contributed by atoms with Gasteiger partial charge in [0.05, 0.1) is 10.7 Å². The fraction of sp³-hybridized carbons (Fsp3) is 0.857. The molecule has 21 heavy (non-hydrogen) atoms. The number of carboxylic acid groups (broad SMARTS) is 1. The first-order chi connectivity index (χ1) is 9.48. The number of piperidine rings is 1. The molecule has 0 radical (unpaired) electrons. The summed E-state index contributed by atoms with van der Waals surface area (Å²) in [6, 6.07) is 0. The number of likely N-dealkylation sites (tertiary alicyclic amines) is 1. The van der Waals surface area contributed by atoms with E-state index in [0.717, 1.165) is 0 Å². The Morgan fingerprint density at radius 2 is 1.76 bits per heavy atom.